The van der Waals surface area contributed by atoms with E-state index in [1.54, 1.807) is 6.26 Å². The fraction of sp³-hybridized carbons (Fsp3) is 0.524. The maximum absolute atomic E-state index is 5.99. The van der Waals surface area contributed by atoms with E-state index < -0.39 is 0 Å². The Morgan fingerprint density at radius 1 is 1.08 bits per heavy atom. The number of rotatable bonds is 7. The highest BCUT2D eigenvalue weighted by atomic mass is 16.5. The molecule has 0 spiro atoms. The maximum Gasteiger partial charge on any atom is 0.120 e. The molecule has 2 aliphatic heterocycles. The first-order chi connectivity index (χ1) is 12.9. The van der Waals surface area contributed by atoms with Crippen molar-refractivity contribution in [3.63, 3.8) is 0 Å². The van der Waals surface area contributed by atoms with Crippen molar-refractivity contribution >= 4 is 0 Å². The van der Waals surface area contributed by atoms with E-state index in [9.17, 15) is 0 Å². The van der Waals surface area contributed by atoms with Gasteiger partial charge in [0.15, 0.2) is 0 Å². The van der Waals surface area contributed by atoms with Crippen LogP contribution in [-0.4, -0.2) is 55.8 Å². The predicted octanol–water partition coefficient (Wildman–Crippen LogP) is 3.33. The normalized spacial score (nSPS) is 21.9. The number of furan rings is 1. The fourth-order valence-electron chi connectivity index (χ4n) is 3.90. The summed E-state index contributed by atoms with van der Waals surface area (Å²) in [6.07, 6.45) is 4.17. The van der Waals surface area contributed by atoms with E-state index in [0.717, 1.165) is 64.1 Å². The van der Waals surface area contributed by atoms with E-state index in [-0.39, 0.29) is 0 Å². The van der Waals surface area contributed by atoms with Gasteiger partial charge in [0.05, 0.1) is 25.5 Å². The minimum Gasteiger partial charge on any atom is -0.492 e. The lowest BCUT2D eigenvalue weighted by atomic mass is 10.1. The van der Waals surface area contributed by atoms with Gasteiger partial charge in [-0.2, -0.15) is 0 Å². The van der Waals surface area contributed by atoms with Gasteiger partial charge in [-0.1, -0.05) is 12.1 Å². The molecule has 1 aromatic heterocycles. The number of likely N-dealkylation sites (tertiary alicyclic amines) is 1. The standard InChI is InChI=1S/C21H28N2O3/c1-4-18(17-23-8-2-6-20(23)21-7-3-12-26-21)16-19(5-1)25-15-11-22-9-13-24-14-10-22/h1,3-5,7,12,16,20H,2,6,8-11,13-15,17H2. The van der Waals surface area contributed by atoms with Gasteiger partial charge in [0, 0.05) is 26.2 Å². The van der Waals surface area contributed by atoms with E-state index in [1.165, 1.54) is 18.4 Å². The van der Waals surface area contributed by atoms with E-state index in [1.807, 2.05) is 6.07 Å². The van der Waals surface area contributed by atoms with Gasteiger partial charge in [-0.25, -0.2) is 0 Å². The second-order valence-corrected chi connectivity index (χ2v) is 7.09. The molecule has 0 bridgehead atoms. The Balaban J connectivity index is 1.31. The van der Waals surface area contributed by atoms with E-state index >= 15 is 0 Å². The van der Waals surface area contributed by atoms with Gasteiger partial charge in [-0.15, -0.1) is 0 Å². The third kappa shape index (κ3) is 4.47. The summed E-state index contributed by atoms with van der Waals surface area (Å²) in [5, 5.41) is 0. The third-order valence-corrected chi connectivity index (χ3v) is 5.30. The fourth-order valence-corrected chi connectivity index (χ4v) is 3.90. The van der Waals surface area contributed by atoms with Crippen LogP contribution in [0.15, 0.2) is 47.1 Å². The molecule has 5 nitrogen and oxygen atoms in total. The Morgan fingerprint density at radius 3 is 2.85 bits per heavy atom. The summed E-state index contributed by atoms with van der Waals surface area (Å²) in [7, 11) is 0. The van der Waals surface area contributed by atoms with Crippen LogP contribution in [0.3, 0.4) is 0 Å². The highest BCUT2D eigenvalue weighted by molar-refractivity contribution is 5.28. The predicted molar refractivity (Wildman–Crippen MR) is 100 cm³/mol. The van der Waals surface area contributed by atoms with Gasteiger partial charge in [0.2, 0.25) is 0 Å². The molecular weight excluding hydrogens is 328 g/mol. The van der Waals surface area contributed by atoms with E-state index in [0.29, 0.717) is 6.04 Å². The van der Waals surface area contributed by atoms with Crippen LogP contribution in [-0.2, 0) is 11.3 Å². The molecule has 26 heavy (non-hydrogen) atoms. The lowest BCUT2D eigenvalue weighted by molar-refractivity contribution is 0.0322. The summed E-state index contributed by atoms with van der Waals surface area (Å²) in [5.74, 6) is 2.05. The van der Waals surface area contributed by atoms with Crippen LogP contribution in [0, 0.1) is 0 Å². The molecule has 140 valence electrons. The SMILES string of the molecule is c1cc(CN2CCCC2c2ccco2)cc(OCCN2CCOCC2)c1. The molecule has 0 aliphatic carbocycles. The first-order valence-electron chi connectivity index (χ1n) is 9.68. The molecular formula is C21H28N2O3. The molecule has 2 fully saturated rings. The average molecular weight is 356 g/mol. The Bertz CT molecular complexity index is 668. The van der Waals surface area contributed by atoms with E-state index in [4.69, 9.17) is 13.9 Å². The minimum atomic E-state index is 0.399. The van der Waals surface area contributed by atoms with Gasteiger partial charge < -0.3 is 13.9 Å². The number of hydrogen-bond acceptors (Lipinski definition) is 5. The van der Waals surface area contributed by atoms with Crippen molar-refractivity contribution in [3.8, 4) is 5.75 Å². The summed E-state index contributed by atoms with van der Waals surface area (Å²) in [6.45, 7) is 7.42. The van der Waals surface area contributed by atoms with Crippen molar-refractivity contribution in [1.82, 2.24) is 9.80 Å². The average Bonchev–Trinajstić information content (AvgIpc) is 3.34. The Hall–Kier alpha value is -1.82. The van der Waals surface area contributed by atoms with Crippen LogP contribution in [0.5, 0.6) is 5.75 Å². The van der Waals surface area contributed by atoms with Crippen LogP contribution in [0.25, 0.3) is 0 Å². The summed E-state index contributed by atoms with van der Waals surface area (Å²) >= 11 is 0. The molecule has 0 N–H and O–H groups in total. The molecule has 0 radical (unpaired) electrons. The zero-order chi connectivity index (χ0) is 17.6. The molecule has 0 saturated carbocycles. The van der Waals surface area contributed by atoms with Crippen LogP contribution in [0.2, 0.25) is 0 Å². The monoisotopic (exact) mass is 356 g/mol. The second kappa shape index (κ2) is 8.71. The largest absolute Gasteiger partial charge is 0.492 e. The minimum absolute atomic E-state index is 0.399. The van der Waals surface area contributed by atoms with Crippen molar-refractivity contribution < 1.29 is 13.9 Å². The molecule has 0 amide bonds. The molecule has 5 heteroatoms. The topological polar surface area (TPSA) is 38.1 Å². The summed E-state index contributed by atoms with van der Waals surface area (Å²) in [4.78, 5) is 4.90. The van der Waals surface area contributed by atoms with Crippen LogP contribution in [0.1, 0.15) is 30.2 Å². The van der Waals surface area contributed by atoms with Crippen molar-refractivity contribution in [2.45, 2.75) is 25.4 Å². The van der Waals surface area contributed by atoms with Crippen molar-refractivity contribution in [3.05, 3.63) is 54.0 Å². The zero-order valence-corrected chi connectivity index (χ0v) is 15.3. The Morgan fingerprint density at radius 2 is 2.00 bits per heavy atom. The van der Waals surface area contributed by atoms with E-state index in [2.05, 4.69) is 40.1 Å². The lowest BCUT2D eigenvalue weighted by Gasteiger charge is -2.26. The highest BCUT2D eigenvalue weighted by Crippen LogP contribution is 2.33. The second-order valence-electron chi connectivity index (χ2n) is 7.09. The van der Waals surface area contributed by atoms with Gasteiger partial charge in [-0.3, -0.25) is 9.80 Å². The maximum atomic E-state index is 5.99. The van der Waals surface area contributed by atoms with Crippen LogP contribution < -0.4 is 4.74 Å². The molecule has 2 aliphatic rings. The molecule has 2 saturated heterocycles. The number of hydrogen-bond donors (Lipinski definition) is 0. The molecule has 3 heterocycles. The quantitative estimate of drug-likeness (QED) is 0.761. The first-order valence-corrected chi connectivity index (χ1v) is 9.68. The first kappa shape index (κ1) is 17.6. The van der Waals surface area contributed by atoms with Gasteiger partial charge in [0.1, 0.15) is 18.1 Å². The summed E-state index contributed by atoms with van der Waals surface area (Å²) < 4.78 is 17.0. The van der Waals surface area contributed by atoms with Crippen LogP contribution >= 0.6 is 0 Å². The number of nitrogens with zero attached hydrogens (tertiary/aromatic N) is 2. The Labute approximate surface area is 155 Å². The molecule has 2 aromatic rings. The lowest BCUT2D eigenvalue weighted by Crippen LogP contribution is -2.38. The summed E-state index contributed by atoms with van der Waals surface area (Å²) in [5.41, 5.74) is 1.30. The number of benzene rings is 1. The smallest absolute Gasteiger partial charge is 0.120 e. The van der Waals surface area contributed by atoms with Crippen molar-refractivity contribution in [2.24, 2.45) is 0 Å². The number of morpholine rings is 1. The highest BCUT2D eigenvalue weighted by Gasteiger charge is 2.27. The van der Waals surface area contributed by atoms with Crippen LogP contribution in [0.4, 0.5) is 0 Å². The summed E-state index contributed by atoms with van der Waals surface area (Å²) in [6, 6.07) is 13.0. The Kier molecular flexibility index (Phi) is 5.89. The molecule has 4 rings (SSSR count). The number of ether oxygens (including phenoxy) is 2. The molecule has 1 unspecified atom stereocenters. The molecule has 1 aromatic carbocycles. The van der Waals surface area contributed by atoms with Crippen molar-refractivity contribution in [2.75, 3.05) is 46.0 Å². The third-order valence-electron chi connectivity index (χ3n) is 5.30. The zero-order valence-electron chi connectivity index (χ0n) is 15.3. The van der Waals surface area contributed by atoms with Gasteiger partial charge in [-0.05, 0) is 49.2 Å². The van der Waals surface area contributed by atoms with Gasteiger partial charge in [0.25, 0.3) is 0 Å². The molecule has 1 atom stereocenters. The van der Waals surface area contributed by atoms with Crippen molar-refractivity contribution in [1.29, 1.82) is 0 Å². The van der Waals surface area contributed by atoms with Gasteiger partial charge >= 0.3 is 0 Å².